The van der Waals surface area contributed by atoms with Gasteiger partial charge in [-0.1, -0.05) is 26.0 Å². The van der Waals surface area contributed by atoms with Crippen LogP contribution in [0.3, 0.4) is 0 Å². The van der Waals surface area contributed by atoms with Gasteiger partial charge in [-0.05, 0) is 85.7 Å². The van der Waals surface area contributed by atoms with E-state index in [1.807, 2.05) is 6.07 Å². The molecule has 0 spiro atoms. The van der Waals surface area contributed by atoms with Gasteiger partial charge in [-0.15, -0.1) is 0 Å². The number of piperidine rings is 1. The third kappa shape index (κ3) is 3.48. The first kappa shape index (κ1) is 22.4. The number of carbonyl (C=O) groups is 3. The minimum absolute atomic E-state index is 0.0213. The number of rotatable bonds is 3. The molecule has 0 bridgehead atoms. The van der Waals surface area contributed by atoms with Gasteiger partial charge in [0.25, 0.3) is 0 Å². The Morgan fingerprint density at radius 1 is 1.00 bits per heavy atom. The van der Waals surface area contributed by atoms with Crippen LogP contribution >= 0.6 is 0 Å². The lowest BCUT2D eigenvalue weighted by Gasteiger charge is -2.60. The molecule has 6 nitrogen and oxygen atoms in total. The van der Waals surface area contributed by atoms with Gasteiger partial charge in [0.1, 0.15) is 0 Å². The van der Waals surface area contributed by atoms with E-state index < -0.39 is 5.97 Å². The summed E-state index contributed by atoms with van der Waals surface area (Å²) in [6.07, 6.45) is 7.99. The van der Waals surface area contributed by atoms with Gasteiger partial charge >= 0.3 is 5.97 Å². The van der Waals surface area contributed by atoms with Gasteiger partial charge in [-0.25, -0.2) is 4.79 Å². The molecule has 5 rings (SSSR count). The van der Waals surface area contributed by atoms with Gasteiger partial charge in [0.2, 0.25) is 11.8 Å². The van der Waals surface area contributed by atoms with Crippen LogP contribution in [0.2, 0.25) is 0 Å². The molecule has 33 heavy (non-hydrogen) atoms. The number of carbonyl (C=O) groups excluding carboxylic acids is 3. The monoisotopic (exact) mass is 452 g/mol. The molecule has 1 heterocycles. The van der Waals surface area contributed by atoms with Crippen molar-refractivity contribution in [1.82, 2.24) is 5.32 Å². The van der Waals surface area contributed by atoms with Crippen molar-refractivity contribution >= 4 is 23.5 Å². The standard InChI is InChI=1S/C27H36N2O4/c1-26-14-12-19-16(8-11-22-27(19,2)15-13-23(30)29-22)18(26)9-10-20(26)24(31)28-21-7-5-4-6-17(21)25(32)33-3/h4-7,16,18-20,22H,8-15H2,1-3H3,(H,28,31)(H,29,30). The number of ether oxygens (including phenoxy) is 1. The number of fused-ring (bicyclic) bond motifs is 5. The van der Waals surface area contributed by atoms with E-state index in [1.54, 1.807) is 18.2 Å². The Balaban J connectivity index is 1.35. The third-order valence-corrected chi connectivity index (χ3v) is 10.0. The summed E-state index contributed by atoms with van der Waals surface area (Å²) in [5.74, 6) is 1.54. The first-order valence-corrected chi connectivity index (χ1v) is 12.6. The average molecular weight is 453 g/mol. The van der Waals surface area contributed by atoms with E-state index >= 15 is 0 Å². The van der Waals surface area contributed by atoms with Crippen molar-refractivity contribution in [2.24, 2.45) is 34.5 Å². The quantitative estimate of drug-likeness (QED) is 0.659. The Labute approximate surface area is 196 Å². The molecule has 0 radical (unpaired) electrons. The lowest BCUT2D eigenvalue weighted by Crippen LogP contribution is -2.61. The normalized spacial score (nSPS) is 39.5. The number of nitrogens with one attached hydrogen (secondary N) is 2. The Morgan fingerprint density at radius 3 is 2.55 bits per heavy atom. The molecule has 4 aliphatic rings. The minimum Gasteiger partial charge on any atom is -0.465 e. The molecule has 4 fully saturated rings. The van der Waals surface area contributed by atoms with Crippen LogP contribution in [-0.4, -0.2) is 30.9 Å². The number of hydrogen-bond donors (Lipinski definition) is 2. The zero-order valence-electron chi connectivity index (χ0n) is 20.0. The van der Waals surface area contributed by atoms with Gasteiger partial charge in [0.15, 0.2) is 0 Å². The van der Waals surface area contributed by atoms with Crippen LogP contribution in [-0.2, 0) is 14.3 Å². The van der Waals surface area contributed by atoms with Crippen LogP contribution in [0.25, 0.3) is 0 Å². The molecule has 2 N–H and O–H groups in total. The molecule has 3 saturated carbocycles. The largest absolute Gasteiger partial charge is 0.465 e. The molecular formula is C27H36N2O4. The lowest BCUT2D eigenvalue weighted by atomic mass is 9.47. The Hall–Kier alpha value is -2.37. The van der Waals surface area contributed by atoms with Crippen molar-refractivity contribution in [1.29, 1.82) is 0 Å². The Bertz CT molecular complexity index is 977. The maximum atomic E-state index is 13.5. The molecule has 1 saturated heterocycles. The van der Waals surface area contributed by atoms with Gasteiger partial charge in [0.05, 0.1) is 18.4 Å². The summed E-state index contributed by atoms with van der Waals surface area (Å²) in [6, 6.07) is 7.37. The number of amides is 2. The van der Waals surface area contributed by atoms with E-state index in [4.69, 9.17) is 4.74 Å². The highest BCUT2D eigenvalue weighted by molar-refractivity contribution is 6.02. The van der Waals surface area contributed by atoms with Crippen molar-refractivity contribution in [2.75, 3.05) is 12.4 Å². The fourth-order valence-corrected chi connectivity index (χ4v) is 8.23. The number of methoxy groups -OCH3 is 1. The molecule has 1 aromatic carbocycles. The molecule has 2 amide bonds. The summed E-state index contributed by atoms with van der Waals surface area (Å²) in [7, 11) is 1.36. The zero-order valence-corrected chi connectivity index (χ0v) is 20.0. The topological polar surface area (TPSA) is 84.5 Å². The van der Waals surface area contributed by atoms with Crippen LogP contribution in [0.15, 0.2) is 24.3 Å². The summed E-state index contributed by atoms with van der Waals surface area (Å²) in [5.41, 5.74) is 1.08. The maximum absolute atomic E-state index is 13.5. The van der Waals surface area contributed by atoms with Crippen molar-refractivity contribution in [2.45, 2.75) is 71.3 Å². The zero-order chi connectivity index (χ0) is 23.4. The predicted octanol–water partition coefficient (Wildman–Crippen LogP) is 4.55. The average Bonchev–Trinajstić information content (AvgIpc) is 3.16. The lowest BCUT2D eigenvalue weighted by molar-refractivity contribution is -0.140. The van der Waals surface area contributed by atoms with Gasteiger partial charge in [0, 0.05) is 18.4 Å². The van der Waals surface area contributed by atoms with Crippen molar-refractivity contribution in [3.63, 3.8) is 0 Å². The van der Waals surface area contributed by atoms with Gasteiger partial charge < -0.3 is 15.4 Å². The highest BCUT2D eigenvalue weighted by Crippen LogP contribution is 2.65. The van der Waals surface area contributed by atoms with E-state index in [9.17, 15) is 14.4 Å². The summed E-state index contributed by atoms with van der Waals surface area (Å²) >= 11 is 0. The molecule has 1 aliphatic heterocycles. The highest BCUT2D eigenvalue weighted by atomic mass is 16.5. The molecular weight excluding hydrogens is 416 g/mol. The van der Waals surface area contributed by atoms with Crippen LogP contribution < -0.4 is 10.6 Å². The van der Waals surface area contributed by atoms with Crippen molar-refractivity contribution < 1.29 is 19.1 Å². The van der Waals surface area contributed by atoms with E-state index in [-0.39, 0.29) is 28.6 Å². The van der Waals surface area contributed by atoms with Crippen LogP contribution in [0.1, 0.15) is 75.6 Å². The van der Waals surface area contributed by atoms with Crippen LogP contribution in [0.5, 0.6) is 0 Å². The van der Waals surface area contributed by atoms with E-state index in [2.05, 4.69) is 24.5 Å². The SMILES string of the molecule is COC(=O)c1ccccc1NC(=O)C1CCC2C3CCC4NC(=O)CCC4(C)C3CCC12C. The van der Waals surface area contributed by atoms with Gasteiger partial charge in [-0.3, -0.25) is 9.59 Å². The summed E-state index contributed by atoms with van der Waals surface area (Å²) in [5, 5.41) is 6.36. The number of para-hydroxylation sites is 1. The second-order valence-electron chi connectivity index (χ2n) is 11.3. The first-order valence-electron chi connectivity index (χ1n) is 12.6. The van der Waals surface area contributed by atoms with Gasteiger partial charge in [-0.2, -0.15) is 0 Å². The summed E-state index contributed by atoms with van der Waals surface area (Å²) in [4.78, 5) is 37.7. The third-order valence-electron chi connectivity index (χ3n) is 10.0. The van der Waals surface area contributed by atoms with E-state index in [0.29, 0.717) is 41.5 Å². The second kappa shape index (κ2) is 8.14. The smallest absolute Gasteiger partial charge is 0.339 e. The van der Waals surface area contributed by atoms with Crippen LogP contribution in [0.4, 0.5) is 5.69 Å². The minimum atomic E-state index is -0.438. The van der Waals surface area contributed by atoms with Crippen molar-refractivity contribution in [3.05, 3.63) is 29.8 Å². The molecule has 7 atom stereocenters. The summed E-state index contributed by atoms with van der Waals surface area (Å²) < 4.78 is 4.89. The first-order chi connectivity index (χ1) is 15.8. The molecule has 3 aliphatic carbocycles. The van der Waals surface area contributed by atoms with E-state index in [0.717, 1.165) is 44.9 Å². The maximum Gasteiger partial charge on any atom is 0.339 e. The number of esters is 1. The Kier molecular flexibility index (Phi) is 5.53. The number of hydrogen-bond acceptors (Lipinski definition) is 4. The van der Waals surface area contributed by atoms with E-state index in [1.165, 1.54) is 7.11 Å². The van der Waals surface area contributed by atoms with Crippen molar-refractivity contribution in [3.8, 4) is 0 Å². The molecule has 6 heteroatoms. The fraction of sp³-hybridized carbons (Fsp3) is 0.667. The molecule has 1 aromatic rings. The predicted molar refractivity (Wildman–Crippen MR) is 125 cm³/mol. The second-order valence-corrected chi connectivity index (χ2v) is 11.3. The number of anilines is 1. The summed E-state index contributed by atoms with van der Waals surface area (Å²) in [6.45, 7) is 4.73. The highest BCUT2D eigenvalue weighted by Gasteiger charge is 2.61. The molecule has 0 aromatic heterocycles. The number of benzene rings is 1. The fourth-order valence-electron chi connectivity index (χ4n) is 8.23. The molecule has 178 valence electrons. The molecule has 7 unspecified atom stereocenters. The Morgan fingerprint density at radius 2 is 1.76 bits per heavy atom. The van der Waals surface area contributed by atoms with Crippen LogP contribution in [0, 0.1) is 34.5 Å².